The van der Waals surface area contributed by atoms with Gasteiger partial charge >= 0.3 is 5.97 Å². The number of hydrogen-bond donors (Lipinski definition) is 2. The van der Waals surface area contributed by atoms with Gasteiger partial charge in [-0.1, -0.05) is 0 Å². The van der Waals surface area contributed by atoms with Crippen molar-refractivity contribution < 1.29 is 19.4 Å². The summed E-state index contributed by atoms with van der Waals surface area (Å²) in [6.07, 6.45) is 2.20. The summed E-state index contributed by atoms with van der Waals surface area (Å²) in [6.45, 7) is 7.81. The van der Waals surface area contributed by atoms with Crippen LogP contribution in [-0.4, -0.2) is 59.8 Å². The third kappa shape index (κ3) is 6.34. The van der Waals surface area contributed by atoms with Crippen LogP contribution in [-0.2, 0) is 14.3 Å². The summed E-state index contributed by atoms with van der Waals surface area (Å²) in [6, 6.07) is 0. The number of aliphatic carboxylic acids is 1. The van der Waals surface area contributed by atoms with Gasteiger partial charge in [0.2, 0.25) is 5.91 Å². The second kappa shape index (κ2) is 7.59. The summed E-state index contributed by atoms with van der Waals surface area (Å²) in [5.41, 5.74) is -0.239. The predicted octanol–water partition coefficient (Wildman–Crippen LogP) is 0.857. The van der Waals surface area contributed by atoms with Crippen LogP contribution in [0.15, 0.2) is 0 Å². The van der Waals surface area contributed by atoms with Gasteiger partial charge in [0.15, 0.2) is 0 Å². The smallest absolute Gasteiger partial charge is 0.304 e. The Morgan fingerprint density at radius 2 is 2.10 bits per heavy atom. The number of ether oxygens (including phenoxy) is 1. The van der Waals surface area contributed by atoms with Crippen molar-refractivity contribution in [2.75, 3.05) is 26.2 Å². The quantitative estimate of drug-likeness (QED) is 0.725. The molecule has 1 unspecified atom stereocenters. The van der Waals surface area contributed by atoms with E-state index in [1.165, 1.54) is 0 Å². The molecule has 0 bridgehead atoms. The molecule has 0 aromatic carbocycles. The van der Waals surface area contributed by atoms with E-state index in [0.29, 0.717) is 13.1 Å². The van der Waals surface area contributed by atoms with Gasteiger partial charge in [-0.05, 0) is 33.6 Å². The van der Waals surface area contributed by atoms with Crippen molar-refractivity contribution >= 4 is 11.9 Å². The molecule has 0 aromatic heterocycles. The van der Waals surface area contributed by atoms with Crippen molar-refractivity contribution in [1.29, 1.82) is 0 Å². The summed E-state index contributed by atoms with van der Waals surface area (Å²) < 4.78 is 5.45. The van der Waals surface area contributed by atoms with Gasteiger partial charge in [-0.15, -0.1) is 0 Å². The molecular formula is C14H26N2O4. The van der Waals surface area contributed by atoms with Gasteiger partial charge in [0.25, 0.3) is 0 Å². The van der Waals surface area contributed by atoms with Crippen molar-refractivity contribution in [3.8, 4) is 0 Å². The highest BCUT2D eigenvalue weighted by atomic mass is 16.5. The lowest BCUT2D eigenvalue weighted by Crippen LogP contribution is -2.48. The largest absolute Gasteiger partial charge is 0.481 e. The van der Waals surface area contributed by atoms with Crippen LogP contribution in [0.3, 0.4) is 0 Å². The van der Waals surface area contributed by atoms with E-state index < -0.39 is 5.97 Å². The molecule has 0 spiro atoms. The standard InChI is InChI=1S/C14H26N2O4/c1-14(2,3)16(7-6-13(18)19)10-12(17)15-9-11-5-4-8-20-11/h11H,4-10H2,1-3H3,(H,15,17)(H,18,19). The second-order valence-corrected chi connectivity index (χ2v) is 6.18. The van der Waals surface area contributed by atoms with Crippen LogP contribution in [0.4, 0.5) is 0 Å². The SMILES string of the molecule is CC(C)(C)N(CCC(=O)O)CC(=O)NCC1CCCO1. The number of nitrogens with zero attached hydrogens (tertiary/aromatic N) is 1. The molecule has 2 N–H and O–H groups in total. The molecule has 1 aliphatic rings. The van der Waals surface area contributed by atoms with Crippen molar-refractivity contribution in [3.63, 3.8) is 0 Å². The van der Waals surface area contributed by atoms with E-state index in [1.54, 1.807) is 0 Å². The first kappa shape index (κ1) is 16.9. The van der Waals surface area contributed by atoms with Crippen LogP contribution in [0.2, 0.25) is 0 Å². The maximum atomic E-state index is 11.9. The summed E-state index contributed by atoms with van der Waals surface area (Å²) in [5, 5.41) is 11.6. The number of carbonyl (C=O) groups is 2. The lowest BCUT2D eigenvalue weighted by Gasteiger charge is -2.34. The minimum Gasteiger partial charge on any atom is -0.481 e. The molecule has 1 aliphatic heterocycles. The molecule has 1 rings (SSSR count). The van der Waals surface area contributed by atoms with Crippen LogP contribution in [0, 0.1) is 0 Å². The zero-order chi connectivity index (χ0) is 15.2. The Kier molecular flexibility index (Phi) is 6.42. The molecule has 0 radical (unpaired) electrons. The number of hydrogen-bond acceptors (Lipinski definition) is 4. The number of carboxylic acids is 1. The maximum Gasteiger partial charge on any atom is 0.304 e. The second-order valence-electron chi connectivity index (χ2n) is 6.18. The van der Waals surface area contributed by atoms with Crippen LogP contribution >= 0.6 is 0 Å². The van der Waals surface area contributed by atoms with Gasteiger partial charge < -0.3 is 15.2 Å². The fourth-order valence-corrected chi connectivity index (χ4v) is 2.14. The zero-order valence-electron chi connectivity index (χ0n) is 12.6. The number of nitrogens with one attached hydrogen (secondary N) is 1. The summed E-state index contributed by atoms with van der Waals surface area (Å²) in [5.74, 6) is -0.931. The molecule has 6 nitrogen and oxygen atoms in total. The third-order valence-corrected chi connectivity index (χ3v) is 3.43. The lowest BCUT2D eigenvalue weighted by molar-refractivity contribution is -0.138. The highest BCUT2D eigenvalue weighted by Gasteiger charge is 2.24. The van der Waals surface area contributed by atoms with Crippen LogP contribution in [0.1, 0.15) is 40.0 Å². The Bertz CT molecular complexity index is 333. The molecule has 116 valence electrons. The predicted molar refractivity (Wildman–Crippen MR) is 75.6 cm³/mol. The molecule has 6 heteroatoms. The molecule has 20 heavy (non-hydrogen) atoms. The Morgan fingerprint density at radius 3 is 2.60 bits per heavy atom. The van der Waals surface area contributed by atoms with E-state index in [1.807, 2.05) is 25.7 Å². The van der Waals surface area contributed by atoms with Crippen molar-refractivity contribution in [3.05, 3.63) is 0 Å². The van der Waals surface area contributed by atoms with E-state index in [0.717, 1.165) is 19.4 Å². The van der Waals surface area contributed by atoms with Crippen LogP contribution < -0.4 is 5.32 Å². The molecule has 0 aliphatic carbocycles. The molecule has 1 fully saturated rings. The fourth-order valence-electron chi connectivity index (χ4n) is 2.14. The molecule has 1 amide bonds. The van der Waals surface area contributed by atoms with Gasteiger partial charge in [0, 0.05) is 25.2 Å². The normalized spacial score (nSPS) is 19.3. The average molecular weight is 286 g/mol. The van der Waals surface area contributed by atoms with E-state index >= 15 is 0 Å². The zero-order valence-corrected chi connectivity index (χ0v) is 12.6. The third-order valence-electron chi connectivity index (χ3n) is 3.43. The highest BCUT2D eigenvalue weighted by Crippen LogP contribution is 2.14. The summed E-state index contributed by atoms with van der Waals surface area (Å²) in [7, 11) is 0. The first-order valence-electron chi connectivity index (χ1n) is 7.14. The van der Waals surface area contributed by atoms with E-state index in [-0.39, 0.29) is 30.5 Å². The summed E-state index contributed by atoms with van der Waals surface area (Å²) >= 11 is 0. The van der Waals surface area contributed by atoms with Crippen LogP contribution in [0.25, 0.3) is 0 Å². The van der Waals surface area contributed by atoms with E-state index in [2.05, 4.69) is 5.32 Å². The monoisotopic (exact) mass is 286 g/mol. The van der Waals surface area contributed by atoms with Crippen molar-refractivity contribution in [1.82, 2.24) is 10.2 Å². The molecule has 0 saturated carbocycles. The van der Waals surface area contributed by atoms with E-state index in [4.69, 9.17) is 9.84 Å². The number of carbonyl (C=O) groups excluding carboxylic acids is 1. The van der Waals surface area contributed by atoms with Crippen LogP contribution in [0.5, 0.6) is 0 Å². The van der Waals surface area contributed by atoms with E-state index in [9.17, 15) is 9.59 Å². The molecular weight excluding hydrogens is 260 g/mol. The molecule has 0 aromatic rings. The van der Waals surface area contributed by atoms with Gasteiger partial charge in [-0.3, -0.25) is 14.5 Å². The Morgan fingerprint density at radius 1 is 1.40 bits per heavy atom. The molecule has 1 atom stereocenters. The Hall–Kier alpha value is -1.14. The first-order chi connectivity index (χ1) is 9.29. The summed E-state index contributed by atoms with van der Waals surface area (Å²) in [4.78, 5) is 24.5. The minimum atomic E-state index is -0.848. The number of carboxylic acid groups (broad SMARTS) is 1. The highest BCUT2D eigenvalue weighted by molar-refractivity contribution is 5.78. The minimum absolute atomic E-state index is 0.0380. The maximum absolute atomic E-state index is 11.9. The van der Waals surface area contributed by atoms with Crippen molar-refractivity contribution in [2.24, 2.45) is 0 Å². The molecule has 1 saturated heterocycles. The number of amides is 1. The topological polar surface area (TPSA) is 78.9 Å². The fraction of sp³-hybridized carbons (Fsp3) is 0.857. The Labute approximate surface area is 120 Å². The average Bonchev–Trinajstić information content (AvgIpc) is 2.83. The Balaban J connectivity index is 2.38. The van der Waals surface area contributed by atoms with Gasteiger partial charge in [0.1, 0.15) is 0 Å². The van der Waals surface area contributed by atoms with Gasteiger partial charge in [-0.25, -0.2) is 0 Å². The lowest BCUT2D eigenvalue weighted by atomic mass is 10.1. The van der Waals surface area contributed by atoms with Gasteiger partial charge in [0.05, 0.1) is 19.1 Å². The molecule has 1 heterocycles. The van der Waals surface area contributed by atoms with Crippen molar-refractivity contribution in [2.45, 2.75) is 51.7 Å². The number of rotatable bonds is 7. The van der Waals surface area contributed by atoms with Gasteiger partial charge in [-0.2, -0.15) is 0 Å². The first-order valence-corrected chi connectivity index (χ1v) is 7.14.